The van der Waals surface area contributed by atoms with Crippen molar-refractivity contribution in [3.63, 3.8) is 0 Å². The highest BCUT2D eigenvalue weighted by Crippen LogP contribution is 2.64. The number of hydrogen-bond donors (Lipinski definition) is 1. The van der Waals surface area contributed by atoms with Crippen LogP contribution in [-0.4, -0.2) is 48.8 Å². The van der Waals surface area contributed by atoms with Crippen LogP contribution < -0.4 is 0 Å². The fraction of sp³-hybridized carbons (Fsp3) is 0.538. The maximum Gasteiger partial charge on any atom is 0.460 e. The summed E-state index contributed by atoms with van der Waals surface area (Å²) >= 11 is 0. The van der Waals surface area contributed by atoms with E-state index in [2.05, 4.69) is 0 Å². The third-order valence-corrected chi connectivity index (χ3v) is 5.40. The van der Waals surface area contributed by atoms with E-state index in [0.717, 1.165) is 0 Å². The van der Waals surface area contributed by atoms with Crippen LogP contribution >= 0.6 is 0 Å². The second-order valence-corrected chi connectivity index (χ2v) is 7.90. The Morgan fingerprint density at radius 2 is 0.694 bits per heavy atom. The second kappa shape index (κ2) is 8.15. The molecule has 0 radical (unpaired) electrons. The summed E-state index contributed by atoms with van der Waals surface area (Å²) in [6, 6.07) is 0. The first-order valence-corrected chi connectivity index (χ1v) is 9.00. The molecule has 0 amide bonds. The van der Waals surface area contributed by atoms with Crippen molar-refractivity contribution in [3.8, 4) is 0 Å². The van der Waals surface area contributed by atoms with E-state index >= 15 is 0 Å². The van der Waals surface area contributed by atoms with Gasteiger partial charge in [-0.25, -0.2) is 26.3 Å². The summed E-state index contributed by atoms with van der Waals surface area (Å²) in [4.78, 5) is 0. The highest BCUT2D eigenvalue weighted by Gasteiger charge is 2.94. The molecule has 0 saturated carbocycles. The molecule has 0 fully saturated rings. The molecule has 3 nitrogen and oxygen atoms in total. The van der Waals surface area contributed by atoms with Crippen LogP contribution in [0, 0.1) is 29.1 Å². The lowest BCUT2D eigenvalue weighted by molar-refractivity contribution is -0.445. The average molecular weight is 598 g/mol. The van der Waals surface area contributed by atoms with Crippen LogP contribution in [0.15, 0.2) is 0 Å². The Kier molecular flexibility index (Phi) is 7.20. The standard InChI is InChI=1S/C13HF19O3S/c14-2-1(3(15)5(17)6(18)4(2)16)7(19,36(33,34)35)8(20,21)9(22,23)10(24,25)11(26,27)12(28,29)13(30,31)32/h(H,33,34,35). The number of alkyl halides is 14. The van der Waals surface area contributed by atoms with Gasteiger partial charge in [0.05, 0.1) is 5.56 Å². The zero-order chi connectivity index (χ0) is 29.5. The van der Waals surface area contributed by atoms with Crippen molar-refractivity contribution in [2.75, 3.05) is 0 Å². The first-order valence-electron chi connectivity index (χ1n) is 7.56. The van der Waals surface area contributed by atoms with Gasteiger partial charge >= 0.3 is 50.9 Å². The molecule has 0 aliphatic rings. The van der Waals surface area contributed by atoms with Gasteiger partial charge in [-0.05, 0) is 0 Å². The fourth-order valence-corrected chi connectivity index (χ4v) is 3.20. The summed E-state index contributed by atoms with van der Waals surface area (Å²) in [5, 5.41) is -7.85. The Labute approximate surface area is 183 Å². The van der Waals surface area contributed by atoms with Crippen molar-refractivity contribution in [2.24, 2.45) is 0 Å². The lowest BCUT2D eigenvalue weighted by Gasteiger charge is -2.42. The van der Waals surface area contributed by atoms with Crippen LogP contribution in [0.3, 0.4) is 0 Å². The summed E-state index contributed by atoms with van der Waals surface area (Å²) in [6.07, 6.45) is -7.97. The molecule has 1 atom stereocenters. The van der Waals surface area contributed by atoms with Crippen LogP contribution in [0.25, 0.3) is 0 Å². The summed E-state index contributed by atoms with van der Waals surface area (Å²) in [7, 11) is -8.34. The Morgan fingerprint density at radius 1 is 0.444 bits per heavy atom. The quantitative estimate of drug-likeness (QED) is 0.178. The maximum absolute atomic E-state index is 14.8. The van der Waals surface area contributed by atoms with Crippen molar-refractivity contribution < 1.29 is 96.4 Å². The number of halogens is 19. The van der Waals surface area contributed by atoms with Crippen LogP contribution in [0.1, 0.15) is 5.56 Å². The van der Waals surface area contributed by atoms with E-state index in [4.69, 9.17) is 4.55 Å². The lowest BCUT2D eigenvalue weighted by Crippen LogP contribution is -2.73. The third kappa shape index (κ3) is 3.66. The van der Waals surface area contributed by atoms with E-state index in [1.165, 1.54) is 0 Å². The molecule has 1 aromatic carbocycles. The molecule has 36 heavy (non-hydrogen) atoms. The average Bonchev–Trinajstić information content (AvgIpc) is 2.68. The maximum atomic E-state index is 14.8. The zero-order valence-electron chi connectivity index (χ0n) is 15.4. The first-order chi connectivity index (χ1) is 15.4. The molecule has 0 aliphatic heterocycles. The molecular weight excluding hydrogens is 597 g/mol. The van der Waals surface area contributed by atoms with Crippen LogP contribution in [0.4, 0.5) is 83.4 Å². The van der Waals surface area contributed by atoms with E-state index in [1.807, 2.05) is 0 Å². The van der Waals surface area contributed by atoms with Gasteiger partial charge in [-0.3, -0.25) is 4.55 Å². The molecule has 0 aromatic heterocycles. The summed E-state index contributed by atoms with van der Waals surface area (Å²) in [5.74, 6) is -63.2. The van der Waals surface area contributed by atoms with Crippen LogP contribution in [-0.2, 0) is 15.1 Å². The molecule has 1 unspecified atom stereocenters. The molecule has 0 bridgehead atoms. The van der Waals surface area contributed by atoms with Gasteiger partial charge in [0.15, 0.2) is 23.3 Å². The SMILES string of the molecule is O=S(=O)(O)C(F)(c1c(F)c(F)c(F)c(F)c1F)C(F)(F)C(F)(F)C(F)(F)C(F)(F)C(F)(F)C(F)(F)F. The Balaban J connectivity index is 4.25. The van der Waals surface area contributed by atoms with Gasteiger partial charge in [0.1, 0.15) is 0 Å². The Morgan fingerprint density at radius 3 is 0.972 bits per heavy atom. The summed E-state index contributed by atoms with van der Waals surface area (Å²) in [6.45, 7) is 0. The first kappa shape index (κ1) is 31.8. The Bertz CT molecular complexity index is 1130. The van der Waals surface area contributed by atoms with Crippen molar-refractivity contribution in [1.29, 1.82) is 0 Å². The van der Waals surface area contributed by atoms with Crippen LogP contribution in [0.5, 0.6) is 0 Å². The zero-order valence-corrected chi connectivity index (χ0v) is 16.2. The van der Waals surface area contributed by atoms with Gasteiger partial charge < -0.3 is 0 Å². The van der Waals surface area contributed by atoms with E-state index in [-0.39, 0.29) is 0 Å². The van der Waals surface area contributed by atoms with Gasteiger partial charge in [-0.1, -0.05) is 0 Å². The molecule has 1 N–H and O–H groups in total. The highest BCUT2D eigenvalue weighted by molar-refractivity contribution is 7.86. The summed E-state index contributed by atoms with van der Waals surface area (Å²) in [5.41, 5.74) is -4.47. The van der Waals surface area contributed by atoms with Gasteiger partial charge in [-0.2, -0.15) is 65.5 Å². The number of benzene rings is 1. The second-order valence-electron chi connectivity index (χ2n) is 6.38. The molecule has 0 saturated heterocycles. The predicted octanol–water partition coefficient (Wildman–Crippen LogP) is 6.13. The number of hydrogen-bond acceptors (Lipinski definition) is 2. The minimum atomic E-state index is -8.97. The summed E-state index contributed by atoms with van der Waals surface area (Å²) < 4.78 is 284. The third-order valence-electron chi connectivity index (χ3n) is 4.22. The van der Waals surface area contributed by atoms with Crippen molar-refractivity contribution >= 4 is 10.1 Å². The lowest BCUT2D eigenvalue weighted by atomic mass is 9.89. The van der Waals surface area contributed by atoms with E-state index in [1.54, 1.807) is 0 Å². The van der Waals surface area contributed by atoms with Crippen molar-refractivity contribution in [2.45, 2.75) is 40.8 Å². The molecule has 0 heterocycles. The van der Waals surface area contributed by atoms with E-state index in [9.17, 15) is 91.8 Å². The molecule has 210 valence electrons. The molecule has 1 rings (SSSR count). The number of rotatable bonds is 7. The minimum absolute atomic E-state index is 3.50. The smallest absolute Gasteiger partial charge is 0.283 e. The molecule has 1 aromatic rings. The van der Waals surface area contributed by atoms with Gasteiger partial charge in [-0.15, -0.1) is 0 Å². The van der Waals surface area contributed by atoms with Gasteiger partial charge in [0.2, 0.25) is 5.82 Å². The molecular formula is C13HF19O3S. The monoisotopic (exact) mass is 598 g/mol. The molecule has 23 heteroatoms. The Hall–Kier alpha value is -2.20. The normalized spacial score (nSPS) is 16.8. The predicted molar refractivity (Wildman–Crippen MR) is 71.4 cm³/mol. The fourth-order valence-electron chi connectivity index (χ4n) is 2.31. The molecule has 0 aliphatic carbocycles. The topological polar surface area (TPSA) is 54.4 Å². The largest absolute Gasteiger partial charge is 0.460 e. The van der Waals surface area contributed by atoms with E-state index < -0.39 is 85.6 Å². The molecule has 0 spiro atoms. The minimum Gasteiger partial charge on any atom is -0.283 e. The van der Waals surface area contributed by atoms with Crippen LogP contribution in [0.2, 0.25) is 0 Å². The van der Waals surface area contributed by atoms with Gasteiger partial charge in [0.25, 0.3) is 0 Å². The van der Waals surface area contributed by atoms with E-state index in [0.29, 0.717) is 0 Å². The highest BCUT2D eigenvalue weighted by atomic mass is 32.2. The van der Waals surface area contributed by atoms with Crippen molar-refractivity contribution in [1.82, 2.24) is 0 Å². The van der Waals surface area contributed by atoms with Gasteiger partial charge in [0, 0.05) is 0 Å². The van der Waals surface area contributed by atoms with Crippen molar-refractivity contribution in [3.05, 3.63) is 34.6 Å².